The van der Waals surface area contributed by atoms with Crippen LogP contribution in [-0.2, 0) is 0 Å². The Bertz CT molecular complexity index is 172. The summed E-state index contributed by atoms with van der Waals surface area (Å²) in [6.45, 7) is 4.43. The maximum atomic E-state index is 3.21. The van der Waals surface area contributed by atoms with Crippen molar-refractivity contribution in [3.05, 3.63) is 17.9 Å². The third kappa shape index (κ3) is 13.5. The molecule has 0 heteroatoms. The molecule has 0 saturated heterocycles. The Balaban J connectivity index is 3.01. The molecule has 0 amide bonds. The predicted octanol–water partition coefficient (Wildman–Crippen LogP) is 6.03. The van der Waals surface area contributed by atoms with Gasteiger partial charge in [-0.25, -0.2) is 0 Å². The second kappa shape index (κ2) is 14.5. The van der Waals surface area contributed by atoms with Crippen LogP contribution in [-0.4, -0.2) is 0 Å². The molecule has 0 spiro atoms. The van der Waals surface area contributed by atoms with E-state index in [1.165, 1.54) is 64.2 Å². The van der Waals surface area contributed by atoms with Crippen molar-refractivity contribution in [2.24, 2.45) is 0 Å². The summed E-state index contributed by atoms with van der Waals surface area (Å²) in [5, 5.41) is 0. The molecule has 0 N–H and O–H groups in total. The molecule has 0 heterocycles. The lowest BCUT2D eigenvalue weighted by Crippen LogP contribution is -1.80. The van der Waals surface area contributed by atoms with Gasteiger partial charge in [0.2, 0.25) is 0 Å². The van der Waals surface area contributed by atoms with Gasteiger partial charge >= 0.3 is 0 Å². The molecule has 0 atom stereocenters. The minimum atomic E-state index is 1.11. The minimum absolute atomic E-state index is 1.11. The zero-order chi connectivity index (χ0) is 11.9. The third-order valence-corrected chi connectivity index (χ3v) is 2.89. The van der Waals surface area contributed by atoms with E-state index in [0.29, 0.717) is 0 Å². The van der Waals surface area contributed by atoms with Gasteiger partial charge in [0.25, 0.3) is 0 Å². The van der Waals surface area contributed by atoms with E-state index in [2.05, 4.69) is 31.7 Å². The second-order valence-electron chi connectivity index (χ2n) is 4.60. The van der Waals surface area contributed by atoms with Gasteiger partial charge in [0.15, 0.2) is 0 Å². The van der Waals surface area contributed by atoms with Gasteiger partial charge in [0.1, 0.15) is 0 Å². The number of hydrogen-bond donors (Lipinski definition) is 0. The third-order valence-electron chi connectivity index (χ3n) is 2.89. The minimum Gasteiger partial charge on any atom is -0.130 e. The average Bonchev–Trinajstić information content (AvgIpc) is 2.31. The number of hydrogen-bond acceptors (Lipinski definition) is 0. The van der Waals surface area contributed by atoms with Gasteiger partial charge in [-0.15, -0.1) is 5.73 Å². The van der Waals surface area contributed by atoms with Crippen molar-refractivity contribution >= 4 is 0 Å². The van der Waals surface area contributed by atoms with Gasteiger partial charge in [-0.2, -0.15) is 0 Å². The van der Waals surface area contributed by atoms with E-state index >= 15 is 0 Å². The molecule has 0 saturated carbocycles. The number of allylic oxidation sites excluding steroid dienone is 1. The summed E-state index contributed by atoms with van der Waals surface area (Å²) in [7, 11) is 0. The van der Waals surface area contributed by atoms with Crippen molar-refractivity contribution < 1.29 is 0 Å². The fourth-order valence-electron chi connectivity index (χ4n) is 1.84. The molecule has 0 bridgehead atoms. The van der Waals surface area contributed by atoms with Crippen LogP contribution in [0.2, 0.25) is 0 Å². The lowest BCUT2D eigenvalue weighted by molar-refractivity contribution is 0.566. The van der Waals surface area contributed by atoms with Crippen molar-refractivity contribution in [1.82, 2.24) is 0 Å². The SMILES string of the molecule is CCC=C=CCCCCCCCCCCC. The lowest BCUT2D eigenvalue weighted by atomic mass is 10.1. The van der Waals surface area contributed by atoms with Crippen LogP contribution in [0.1, 0.15) is 84.5 Å². The Morgan fingerprint density at radius 1 is 0.688 bits per heavy atom. The highest BCUT2D eigenvalue weighted by Crippen LogP contribution is 2.10. The molecular weight excluding hydrogens is 192 g/mol. The quantitative estimate of drug-likeness (QED) is 0.296. The van der Waals surface area contributed by atoms with Crippen LogP contribution in [0.3, 0.4) is 0 Å². The van der Waals surface area contributed by atoms with Crippen molar-refractivity contribution in [3.8, 4) is 0 Å². The number of unbranched alkanes of at least 4 members (excludes halogenated alkanes) is 9. The first-order chi connectivity index (χ1) is 7.91. The molecule has 0 rings (SSSR count). The molecule has 16 heavy (non-hydrogen) atoms. The Kier molecular flexibility index (Phi) is 14.1. The van der Waals surface area contributed by atoms with Crippen LogP contribution >= 0.6 is 0 Å². The Labute approximate surface area is 103 Å². The molecule has 0 aliphatic heterocycles. The normalized spacial score (nSPS) is 9.88. The molecule has 94 valence electrons. The molecule has 0 nitrogen and oxygen atoms in total. The smallest absolute Gasteiger partial charge is 0.0274 e. The summed E-state index contributed by atoms with van der Waals surface area (Å²) in [5.41, 5.74) is 3.21. The van der Waals surface area contributed by atoms with Gasteiger partial charge in [-0.05, 0) is 31.4 Å². The van der Waals surface area contributed by atoms with Crippen molar-refractivity contribution in [1.29, 1.82) is 0 Å². The van der Waals surface area contributed by atoms with Gasteiger partial charge in [0, 0.05) is 0 Å². The van der Waals surface area contributed by atoms with Gasteiger partial charge in [-0.3, -0.25) is 0 Å². The van der Waals surface area contributed by atoms with E-state index in [4.69, 9.17) is 0 Å². The lowest BCUT2D eigenvalue weighted by Gasteiger charge is -2.00. The maximum absolute atomic E-state index is 3.21. The molecular formula is C16H30. The van der Waals surface area contributed by atoms with Gasteiger partial charge < -0.3 is 0 Å². The summed E-state index contributed by atoms with van der Waals surface area (Å²) in [5.74, 6) is 0. The highest BCUT2D eigenvalue weighted by atomic mass is 14.0. The van der Waals surface area contributed by atoms with Crippen LogP contribution in [0, 0.1) is 0 Å². The van der Waals surface area contributed by atoms with Crippen LogP contribution in [0.15, 0.2) is 17.9 Å². The standard InChI is InChI=1S/C16H30/c1-3-5-7-9-11-13-15-16-14-12-10-8-6-4-2/h5,9H,3-4,6,8,10-16H2,1-2H3. The molecule has 0 aromatic carbocycles. The first-order valence-corrected chi connectivity index (χ1v) is 7.31. The molecule has 0 unspecified atom stereocenters. The van der Waals surface area contributed by atoms with E-state index in [1.54, 1.807) is 0 Å². The van der Waals surface area contributed by atoms with E-state index in [-0.39, 0.29) is 0 Å². The Hall–Kier alpha value is -0.480. The first kappa shape index (κ1) is 15.5. The van der Waals surface area contributed by atoms with Crippen LogP contribution in [0.25, 0.3) is 0 Å². The summed E-state index contributed by atoms with van der Waals surface area (Å²) >= 11 is 0. The fourth-order valence-corrected chi connectivity index (χ4v) is 1.84. The van der Waals surface area contributed by atoms with Crippen molar-refractivity contribution in [2.75, 3.05) is 0 Å². The Morgan fingerprint density at radius 2 is 1.25 bits per heavy atom. The second-order valence-corrected chi connectivity index (χ2v) is 4.60. The van der Waals surface area contributed by atoms with Crippen LogP contribution < -0.4 is 0 Å². The van der Waals surface area contributed by atoms with Gasteiger partial charge in [-0.1, -0.05) is 65.2 Å². The fraction of sp³-hybridized carbons (Fsp3) is 0.812. The molecule has 0 aromatic heterocycles. The van der Waals surface area contributed by atoms with E-state index in [0.717, 1.165) is 6.42 Å². The summed E-state index contributed by atoms with van der Waals surface area (Å²) in [4.78, 5) is 0. The summed E-state index contributed by atoms with van der Waals surface area (Å²) in [6.07, 6.45) is 19.4. The monoisotopic (exact) mass is 222 g/mol. The number of rotatable bonds is 11. The summed E-state index contributed by atoms with van der Waals surface area (Å²) < 4.78 is 0. The van der Waals surface area contributed by atoms with E-state index < -0.39 is 0 Å². The maximum Gasteiger partial charge on any atom is -0.0274 e. The zero-order valence-electron chi connectivity index (χ0n) is 11.4. The Morgan fingerprint density at radius 3 is 1.81 bits per heavy atom. The molecule has 0 aromatic rings. The topological polar surface area (TPSA) is 0 Å². The molecule has 0 aliphatic rings. The van der Waals surface area contributed by atoms with E-state index in [9.17, 15) is 0 Å². The van der Waals surface area contributed by atoms with Crippen LogP contribution in [0.5, 0.6) is 0 Å². The van der Waals surface area contributed by atoms with E-state index in [1.807, 2.05) is 0 Å². The van der Waals surface area contributed by atoms with Crippen molar-refractivity contribution in [3.63, 3.8) is 0 Å². The molecule has 0 radical (unpaired) electrons. The first-order valence-electron chi connectivity index (χ1n) is 7.31. The van der Waals surface area contributed by atoms with Crippen LogP contribution in [0.4, 0.5) is 0 Å². The highest BCUT2D eigenvalue weighted by molar-refractivity contribution is 4.83. The zero-order valence-corrected chi connectivity index (χ0v) is 11.4. The summed E-state index contributed by atoms with van der Waals surface area (Å²) in [6, 6.07) is 0. The molecule has 0 aliphatic carbocycles. The van der Waals surface area contributed by atoms with Gasteiger partial charge in [0.05, 0.1) is 0 Å². The average molecular weight is 222 g/mol. The molecule has 0 fully saturated rings. The largest absolute Gasteiger partial charge is 0.130 e. The highest BCUT2D eigenvalue weighted by Gasteiger charge is 1.90. The van der Waals surface area contributed by atoms with Crippen molar-refractivity contribution in [2.45, 2.75) is 84.5 Å². The predicted molar refractivity (Wildman–Crippen MR) is 74.8 cm³/mol.